The molecule has 0 unspecified atom stereocenters. The maximum absolute atomic E-state index is 5.56. The molecule has 0 aromatic carbocycles. The molecule has 0 saturated heterocycles. The van der Waals surface area contributed by atoms with E-state index >= 15 is 0 Å². The molecule has 1 rings (SSSR count). The highest BCUT2D eigenvalue weighted by Crippen LogP contribution is 2.09. The van der Waals surface area contributed by atoms with Gasteiger partial charge in [-0.1, -0.05) is 6.92 Å². The first-order chi connectivity index (χ1) is 7.36. The Balaban J connectivity index is 2.14. The first-order valence-electron chi connectivity index (χ1n) is 5.72. The Morgan fingerprint density at radius 1 is 1.40 bits per heavy atom. The van der Waals surface area contributed by atoms with Crippen LogP contribution >= 0.6 is 0 Å². The molecule has 0 aliphatic rings. The third-order valence-electron chi connectivity index (χ3n) is 2.18. The molecule has 1 aromatic heterocycles. The standard InChI is InChI=1S/C11H21N3O/c1-2-7-14-10-11(9-13-14)15-8-5-3-4-6-12/h9-10H,2-8,12H2,1H3. The highest BCUT2D eigenvalue weighted by Gasteiger charge is 1.98. The van der Waals surface area contributed by atoms with E-state index in [4.69, 9.17) is 10.5 Å². The van der Waals surface area contributed by atoms with Gasteiger partial charge in [0.15, 0.2) is 5.75 Å². The zero-order chi connectivity index (χ0) is 10.9. The molecular formula is C11H21N3O. The van der Waals surface area contributed by atoms with Crippen molar-refractivity contribution in [2.45, 2.75) is 39.2 Å². The van der Waals surface area contributed by atoms with Crippen molar-refractivity contribution in [3.05, 3.63) is 12.4 Å². The van der Waals surface area contributed by atoms with Gasteiger partial charge in [-0.25, -0.2) is 0 Å². The first kappa shape index (κ1) is 12.0. The summed E-state index contributed by atoms with van der Waals surface area (Å²) < 4.78 is 7.47. The highest BCUT2D eigenvalue weighted by atomic mass is 16.5. The van der Waals surface area contributed by atoms with Gasteiger partial charge < -0.3 is 10.5 Å². The molecule has 0 atom stereocenters. The van der Waals surface area contributed by atoms with Gasteiger partial charge in [-0.15, -0.1) is 0 Å². The molecule has 0 aliphatic carbocycles. The van der Waals surface area contributed by atoms with Crippen LogP contribution in [0.1, 0.15) is 32.6 Å². The summed E-state index contributed by atoms with van der Waals surface area (Å²) in [6.07, 6.45) is 8.11. The molecule has 0 spiro atoms. The zero-order valence-electron chi connectivity index (χ0n) is 9.48. The van der Waals surface area contributed by atoms with Gasteiger partial charge in [0.25, 0.3) is 0 Å². The lowest BCUT2D eigenvalue weighted by Gasteiger charge is -2.02. The van der Waals surface area contributed by atoms with Crippen molar-refractivity contribution in [1.82, 2.24) is 9.78 Å². The van der Waals surface area contributed by atoms with E-state index in [0.29, 0.717) is 0 Å². The third kappa shape index (κ3) is 4.83. The molecule has 1 aromatic rings. The predicted octanol–water partition coefficient (Wildman–Crippen LogP) is 1.80. The van der Waals surface area contributed by atoms with E-state index in [1.165, 1.54) is 0 Å². The zero-order valence-corrected chi connectivity index (χ0v) is 9.48. The number of unbranched alkanes of at least 4 members (excludes halogenated alkanes) is 2. The van der Waals surface area contributed by atoms with E-state index in [1.54, 1.807) is 6.20 Å². The molecule has 15 heavy (non-hydrogen) atoms. The van der Waals surface area contributed by atoms with Crippen molar-refractivity contribution in [1.29, 1.82) is 0 Å². The minimum absolute atomic E-state index is 0.762. The predicted molar refractivity (Wildman–Crippen MR) is 60.9 cm³/mol. The molecule has 1 heterocycles. The van der Waals surface area contributed by atoms with Crippen LogP contribution in [-0.4, -0.2) is 22.9 Å². The summed E-state index contributed by atoms with van der Waals surface area (Å²) in [6, 6.07) is 0. The molecule has 2 N–H and O–H groups in total. The van der Waals surface area contributed by atoms with Crippen LogP contribution in [0.25, 0.3) is 0 Å². The molecule has 0 aliphatic heterocycles. The smallest absolute Gasteiger partial charge is 0.157 e. The number of hydrogen-bond donors (Lipinski definition) is 1. The Bertz CT molecular complexity index is 260. The van der Waals surface area contributed by atoms with Crippen LogP contribution < -0.4 is 10.5 Å². The average molecular weight is 211 g/mol. The fourth-order valence-corrected chi connectivity index (χ4v) is 1.38. The second kappa shape index (κ2) is 7.29. The van der Waals surface area contributed by atoms with Crippen LogP contribution in [-0.2, 0) is 6.54 Å². The van der Waals surface area contributed by atoms with E-state index in [2.05, 4.69) is 12.0 Å². The van der Waals surface area contributed by atoms with Crippen LogP contribution in [0.3, 0.4) is 0 Å². The molecule has 86 valence electrons. The van der Waals surface area contributed by atoms with Crippen LogP contribution in [0.4, 0.5) is 0 Å². The minimum atomic E-state index is 0.762. The number of ether oxygens (including phenoxy) is 1. The van der Waals surface area contributed by atoms with Gasteiger partial charge in [-0.3, -0.25) is 4.68 Å². The van der Waals surface area contributed by atoms with Gasteiger partial charge in [-0.2, -0.15) is 5.10 Å². The van der Waals surface area contributed by atoms with Crippen LogP contribution in [0.15, 0.2) is 12.4 Å². The maximum Gasteiger partial charge on any atom is 0.157 e. The highest BCUT2D eigenvalue weighted by molar-refractivity contribution is 5.11. The van der Waals surface area contributed by atoms with Crippen molar-refractivity contribution in [2.75, 3.05) is 13.2 Å². The number of nitrogens with zero attached hydrogens (tertiary/aromatic N) is 2. The van der Waals surface area contributed by atoms with Gasteiger partial charge in [-0.05, 0) is 32.2 Å². The SMILES string of the molecule is CCCn1cc(OCCCCCN)cn1. The molecular weight excluding hydrogens is 190 g/mol. The summed E-state index contributed by atoms with van der Waals surface area (Å²) in [4.78, 5) is 0. The van der Waals surface area contributed by atoms with Crippen molar-refractivity contribution in [2.24, 2.45) is 5.73 Å². The second-order valence-electron chi connectivity index (χ2n) is 3.64. The summed E-state index contributed by atoms with van der Waals surface area (Å²) in [7, 11) is 0. The lowest BCUT2D eigenvalue weighted by molar-refractivity contribution is 0.305. The van der Waals surface area contributed by atoms with Crippen molar-refractivity contribution < 1.29 is 4.74 Å². The average Bonchev–Trinajstić information content (AvgIpc) is 2.66. The van der Waals surface area contributed by atoms with Crippen molar-refractivity contribution >= 4 is 0 Å². The Hall–Kier alpha value is -1.03. The second-order valence-corrected chi connectivity index (χ2v) is 3.64. The molecule has 0 radical (unpaired) electrons. The summed E-state index contributed by atoms with van der Waals surface area (Å²) in [5, 5.41) is 4.19. The van der Waals surface area contributed by atoms with Crippen LogP contribution in [0.5, 0.6) is 5.75 Å². The first-order valence-corrected chi connectivity index (χ1v) is 5.72. The Morgan fingerprint density at radius 3 is 3.00 bits per heavy atom. The van der Waals surface area contributed by atoms with Crippen molar-refractivity contribution in [3.63, 3.8) is 0 Å². The molecule has 0 fully saturated rings. The van der Waals surface area contributed by atoms with Crippen molar-refractivity contribution in [3.8, 4) is 5.75 Å². The van der Waals surface area contributed by atoms with Gasteiger partial charge in [0.1, 0.15) is 0 Å². The van der Waals surface area contributed by atoms with E-state index in [-0.39, 0.29) is 0 Å². The largest absolute Gasteiger partial charge is 0.490 e. The Kier molecular flexibility index (Phi) is 5.85. The van der Waals surface area contributed by atoms with E-state index in [1.807, 2.05) is 10.9 Å². The van der Waals surface area contributed by atoms with E-state index < -0.39 is 0 Å². The molecule has 4 heteroatoms. The lowest BCUT2D eigenvalue weighted by Crippen LogP contribution is -2.01. The summed E-state index contributed by atoms with van der Waals surface area (Å²) in [5.41, 5.74) is 5.40. The quantitative estimate of drug-likeness (QED) is 0.667. The Morgan fingerprint density at radius 2 is 2.27 bits per heavy atom. The minimum Gasteiger partial charge on any atom is -0.490 e. The van der Waals surface area contributed by atoms with Gasteiger partial charge in [0.05, 0.1) is 19.0 Å². The normalized spacial score (nSPS) is 10.5. The topological polar surface area (TPSA) is 53.1 Å². The Labute approximate surface area is 91.4 Å². The summed E-state index contributed by atoms with van der Waals surface area (Å²) >= 11 is 0. The number of rotatable bonds is 8. The molecule has 4 nitrogen and oxygen atoms in total. The number of aryl methyl sites for hydroxylation is 1. The summed E-state index contributed by atoms with van der Waals surface area (Å²) in [5.74, 6) is 0.871. The number of hydrogen-bond acceptors (Lipinski definition) is 3. The number of nitrogens with two attached hydrogens (primary N) is 1. The lowest BCUT2D eigenvalue weighted by atomic mass is 10.2. The molecule has 0 amide bonds. The third-order valence-corrected chi connectivity index (χ3v) is 2.18. The van der Waals surface area contributed by atoms with E-state index in [9.17, 15) is 0 Å². The molecule has 0 saturated carbocycles. The van der Waals surface area contributed by atoms with Gasteiger partial charge in [0, 0.05) is 6.54 Å². The maximum atomic E-state index is 5.56. The van der Waals surface area contributed by atoms with Crippen LogP contribution in [0, 0.1) is 0 Å². The summed E-state index contributed by atoms with van der Waals surface area (Å²) in [6.45, 7) is 4.62. The van der Waals surface area contributed by atoms with Gasteiger partial charge >= 0.3 is 0 Å². The van der Waals surface area contributed by atoms with Crippen LogP contribution in [0.2, 0.25) is 0 Å². The molecule has 0 bridgehead atoms. The van der Waals surface area contributed by atoms with Gasteiger partial charge in [0.2, 0.25) is 0 Å². The fraction of sp³-hybridized carbons (Fsp3) is 0.727. The number of aromatic nitrogens is 2. The van der Waals surface area contributed by atoms with E-state index in [0.717, 1.165) is 51.1 Å². The monoisotopic (exact) mass is 211 g/mol. The fourth-order valence-electron chi connectivity index (χ4n) is 1.38.